The minimum atomic E-state index is -0.0907. The Bertz CT molecular complexity index is 841. The molecule has 0 radical (unpaired) electrons. The normalized spacial score (nSPS) is 19.0. The Kier molecular flexibility index (Phi) is 6.43. The van der Waals surface area contributed by atoms with Crippen LogP contribution in [0.15, 0.2) is 36.4 Å². The van der Waals surface area contributed by atoms with E-state index in [1.54, 1.807) is 0 Å². The first-order chi connectivity index (χ1) is 12.9. The number of amides is 1. The summed E-state index contributed by atoms with van der Waals surface area (Å²) in [4.78, 5) is 13.6. The molecule has 0 bridgehead atoms. The van der Waals surface area contributed by atoms with Gasteiger partial charge in [-0.1, -0.05) is 35.3 Å². The average molecular weight is 407 g/mol. The third kappa shape index (κ3) is 4.46. The van der Waals surface area contributed by atoms with Gasteiger partial charge < -0.3 is 10.4 Å². The number of hydrogen-bond donors (Lipinski definition) is 2. The fraction of sp³-hybridized carbons (Fsp3) is 0.381. The van der Waals surface area contributed by atoms with E-state index in [0.29, 0.717) is 16.6 Å². The Morgan fingerprint density at radius 2 is 1.93 bits per heavy atom. The lowest BCUT2D eigenvalue weighted by atomic mass is 9.76. The van der Waals surface area contributed by atoms with Crippen molar-refractivity contribution >= 4 is 34.8 Å². The fourth-order valence-electron chi connectivity index (χ4n) is 3.94. The maximum Gasteiger partial charge on any atom is 0.221 e. The molecule has 27 heavy (non-hydrogen) atoms. The van der Waals surface area contributed by atoms with E-state index in [0.717, 1.165) is 24.1 Å². The van der Waals surface area contributed by atoms with Crippen molar-refractivity contribution in [1.82, 2.24) is 4.90 Å². The second-order valence-electron chi connectivity index (χ2n) is 7.05. The van der Waals surface area contributed by atoms with Gasteiger partial charge in [-0.3, -0.25) is 9.69 Å². The summed E-state index contributed by atoms with van der Waals surface area (Å²) in [5.41, 5.74) is 4.34. The Balaban J connectivity index is 2.04. The maximum absolute atomic E-state index is 11.5. The summed E-state index contributed by atoms with van der Waals surface area (Å²) in [6, 6.07) is 12.1. The van der Waals surface area contributed by atoms with Gasteiger partial charge in [0.25, 0.3) is 0 Å². The van der Waals surface area contributed by atoms with Crippen LogP contribution in [-0.2, 0) is 4.79 Å². The summed E-state index contributed by atoms with van der Waals surface area (Å²) in [5.74, 6) is 0.131. The molecule has 2 N–H and O–H groups in total. The number of aliphatic hydroxyl groups excluding tert-OH is 1. The van der Waals surface area contributed by atoms with Gasteiger partial charge in [0.05, 0.1) is 16.7 Å². The molecule has 144 valence electrons. The topological polar surface area (TPSA) is 52.6 Å². The first-order valence-corrected chi connectivity index (χ1v) is 9.83. The van der Waals surface area contributed by atoms with Crippen molar-refractivity contribution in [2.75, 3.05) is 25.5 Å². The SMILES string of the molecule is CC(=O)Nc1ccc2c(c1)[C@@H](N(C)CCO)CC[C@H]2c1ccc(Cl)c(Cl)c1. The van der Waals surface area contributed by atoms with E-state index in [2.05, 4.69) is 22.3 Å². The van der Waals surface area contributed by atoms with Crippen LogP contribution in [0.2, 0.25) is 10.0 Å². The highest BCUT2D eigenvalue weighted by atomic mass is 35.5. The smallest absolute Gasteiger partial charge is 0.221 e. The zero-order valence-corrected chi connectivity index (χ0v) is 17.0. The highest BCUT2D eigenvalue weighted by Crippen LogP contribution is 2.45. The Labute approximate surface area is 170 Å². The molecule has 0 unspecified atom stereocenters. The van der Waals surface area contributed by atoms with E-state index < -0.39 is 0 Å². The number of fused-ring (bicyclic) bond motifs is 1. The third-order valence-corrected chi connectivity index (χ3v) is 5.94. The number of nitrogens with one attached hydrogen (secondary N) is 1. The average Bonchev–Trinajstić information content (AvgIpc) is 2.62. The van der Waals surface area contributed by atoms with Crippen molar-refractivity contribution < 1.29 is 9.90 Å². The second kappa shape index (κ2) is 8.61. The van der Waals surface area contributed by atoms with Gasteiger partial charge in [-0.25, -0.2) is 0 Å². The van der Waals surface area contributed by atoms with E-state index in [9.17, 15) is 9.90 Å². The predicted molar refractivity (Wildman–Crippen MR) is 111 cm³/mol. The Morgan fingerprint density at radius 3 is 2.59 bits per heavy atom. The van der Waals surface area contributed by atoms with Crippen LogP contribution in [-0.4, -0.2) is 36.1 Å². The summed E-state index contributed by atoms with van der Waals surface area (Å²) >= 11 is 12.3. The van der Waals surface area contributed by atoms with E-state index >= 15 is 0 Å². The molecule has 1 aliphatic rings. The summed E-state index contributed by atoms with van der Waals surface area (Å²) in [7, 11) is 2.02. The molecular weight excluding hydrogens is 383 g/mol. The van der Waals surface area contributed by atoms with Crippen molar-refractivity contribution in [3.8, 4) is 0 Å². The van der Waals surface area contributed by atoms with Crippen molar-refractivity contribution in [3.05, 3.63) is 63.1 Å². The minimum absolute atomic E-state index is 0.0907. The second-order valence-corrected chi connectivity index (χ2v) is 7.86. The van der Waals surface area contributed by atoms with Gasteiger partial charge in [0, 0.05) is 31.1 Å². The molecule has 0 fully saturated rings. The predicted octanol–water partition coefficient (Wildman–Crippen LogP) is 4.84. The van der Waals surface area contributed by atoms with E-state index in [1.165, 1.54) is 18.1 Å². The molecule has 0 saturated carbocycles. The molecule has 0 saturated heterocycles. The summed E-state index contributed by atoms with van der Waals surface area (Å²) in [5, 5.41) is 13.3. The van der Waals surface area contributed by atoms with Crippen LogP contribution < -0.4 is 5.32 Å². The molecule has 0 spiro atoms. The molecule has 4 nitrogen and oxygen atoms in total. The fourth-order valence-corrected chi connectivity index (χ4v) is 4.25. The van der Waals surface area contributed by atoms with Crippen molar-refractivity contribution in [2.24, 2.45) is 0 Å². The number of likely N-dealkylation sites (N-methyl/N-ethyl adjacent to an activating group) is 1. The van der Waals surface area contributed by atoms with Crippen LogP contribution in [0.5, 0.6) is 0 Å². The standard InChI is InChI=1S/C21H24Cl2N2O2/c1-13(27)24-15-4-5-17-16(14-3-7-19(22)20(23)11-14)6-8-21(18(17)12-15)25(2)9-10-26/h3-5,7,11-12,16,21,26H,6,8-10H2,1-2H3,(H,24,27)/t16-,21-/m0/s1. The Hall–Kier alpha value is -1.59. The van der Waals surface area contributed by atoms with Crippen LogP contribution in [0.4, 0.5) is 5.69 Å². The van der Waals surface area contributed by atoms with Gasteiger partial charge in [0.1, 0.15) is 0 Å². The van der Waals surface area contributed by atoms with Crippen molar-refractivity contribution in [3.63, 3.8) is 0 Å². The lowest BCUT2D eigenvalue weighted by molar-refractivity contribution is -0.114. The molecule has 1 aliphatic carbocycles. The molecule has 0 aromatic heterocycles. The number of carbonyl (C=O) groups excluding carboxylic acids is 1. The van der Waals surface area contributed by atoms with Gasteiger partial charge in [-0.15, -0.1) is 0 Å². The first kappa shape index (κ1) is 20.2. The van der Waals surface area contributed by atoms with Crippen LogP contribution in [0, 0.1) is 0 Å². The third-order valence-electron chi connectivity index (χ3n) is 5.20. The molecule has 1 amide bonds. The summed E-state index contributed by atoms with van der Waals surface area (Å²) in [6.07, 6.45) is 1.93. The van der Waals surface area contributed by atoms with E-state index in [4.69, 9.17) is 23.2 Å². The maximum atomic E-state index is 11.5. The molecule has 3 rings (SSSR count). The molecule has 6 heteroatoms. The number of nitrogens with zero attached hydrogens (tertiary/aromatic N) is 1. The largest absolute Gasteiger partial charge is 0.395 e. The lowest BCUT2D eigenvalue weighted by Gasteiger charge is -2.37. The molecule has 0 heterocycles. The van der Waals surface area contributed by atoms with E-state index in [-0.39, 0.29) is 24.5 Å². The van der Waals surface area contributed by atoms with Crippen LogP contribution >= 0.6 is 23.2 Å². The number of anilines is 1. The monoisotopic (exact) mass is 406 g/mol. The summed E-state index contributed by atoms with van der Waals surface area (Å²) in [6.45, 7) is 2.23. The van der Waals surface area contributed by atoms with Gasteiger partial charge >= 0.3 is 0 Å². The van der Waals surface area contributed by atoms with Crippen molar-refractivity contribution in [2.45, 2.75) is 31.7 Å². The Morgan fingerprint density at radius 1 is 1.15 bits per heavy atom. The first-order valence-electron chi connectivity index (χ1n) is 9.08. The molecule has 2 aromatic rings. The quantitative estimate of drug-likeness (QED) is 0.746. The summed E-state index contributed by atoms with van der Waals surface area (Å²) < 4.78 is 0. The molecule has 2 atom stereocenters. The van der Waals surface area contributed by atoms with Gasteiger partial charge in [0.2, 0.25) is 5.91 Å². The van der Waals surface area contributed by atoms with Crippen LogP contribution in [0.3, 0.4) is 0 Å². The van der Waals surface area contributed by atoms with Gasteiger partial charge in [-0.05, 0) is 60.8 Å². The molecule has 2 aromatic carbocycles. The lowest BCUT2D eigenvalue weighted by Crippen LogP contribution is -2.31. The van der Waals surface area contributed by atoms with Crippen molar-refractivity contribution in [1.29, 1.82) is 0 Å². The number of aliphatic hydroxyl groups is 1. The van der Waals surface area contributed by atoms with Crippen LogP contribution in [0.1, 0.15) is 48.4 Å². The van der Waals surface area contributed by atoms with Gasteiger partial charge in [-0.2, -0.15) is 0 Å². The van der Waals surface area contributed by atoms with E-state index in [1.807, 2.05) is 31.3 Å². The highest BCUT2D eigenvalue weighted by molar-refractivity contribution is 6.42. The van der Waals surface area contributed by atoms with Gasteiger partial charge in [0.15, 0.2) is 0 Å². The molecular formula is C21H24Cl2N2O2. The number of halogens is 2. The minimum Gasteiger partial charge on any atom is -0.395 e. The zero-order chi connectivity index (χ0) is 19.6. The number of rotatable bonds is 5. The molecule has 0 aliphatic heterocycles. The zero-order valence-electron chi connectivity index (χ0n) is 15.5. The number of carbonyl (C=O) groups is 1. The highest BCUT2D eigenvalue weighted by Gasteiger charge is 2.30. The number of benzene rings is 2. The number of hydrogen-bond acceptors (Lipinski definition) is 3. The van der Waals surface area contributed by atoms with Crippen LogP contribution in [0.25, 0.3) is 0 Å².